The molecule has 0 radical (unpaired) electrons. The van der Waals surface area contributed by atoms with E-state index >= 15 is 0 Å². The highest BCUT2D eigenvalue weighted by Gasteiger charge is 2.25. The second-order valence-electron chi connectivity index (χ2n) is 5.64. The molecule has 0 aromatic rings. The van der Waals surface area contributed by atoms with Crippen molar-refractivity contribution in [1.29, 1.82) is 0 Å². The summed E-state index contributed by atoms with van der Waals surface area (Å²) in [6, 6.07) is 0. The first-order valence-electron chi connectivity index (χ1n) is 8.32. The van der Waals surface area contributed by atoms with Gasteiger partial charge in [-0.15, -0.1) is 0 Å². The van der Waals surface area contributed by atoms with Crippen LogP contribution in [0.4, 0.5) is 0 Å². The molecule has 2 atom stereocenters. The molecule has 1 aliphatic heterocycles. The van der Waals surface area contributed by atoms with Crippen LogP contribution in [0.5, 0.6) is 0 Å². The minimum atomic E-state index is -0.584. The molecule has 2 unspecified atom stereocenters. The van der Waals surface area contributed by atoms with Crippen LogP contribution in [0.15, 0.2) is 0 Å². The summed E-state index contributed by atoms with van der Waals surface area (Å²) < 4.78 is 15.5. The van der Waals surface area contributed by atoms with Gasteiger partial charge in [-0.3, -0.25) is 4.79 Å². The van der Waals surface area contributed by atoms with Gasteiger partial charge in [-0.2, -0.15) is 0 Å². The molecule has 0 saturated carbocycles. The topological polar surface area (TPSA) is 56.8 Å². The maximum atomic E-state index is 11.7. The number of unbranched alkanes of at least 4 members (excludes halogenated alkanes) is 7. The number of nitrogens with one attached hydrogen (secondary N) is 1. The summed E-state index contributed by atoms with van der Waals surface area (Å²) in [5.41, 5.74) is 0. The summed E-state index contributed by atoms with van der Waals surface area (Å²) in [4.78, 5) is 11.7. The molecule has 1 aliphatic rings. The van der Waals surface area contributed by atoms with Crippen molar-refractivity contribution in [2.24, 2.45) is 0 Å². The number of amides is 1. The monoisotopic (exact) mass is 301 g/mol. The largest absolute Gasteiger partial charge is 0.353 e. The first-order valence-corrected chi connectivity index (χ1v) is 8.32. The lowest BCUT2D eigenvalue weighted by molar-refractivity contribution is -0.222. The van der Waals surface area contributed by atoms with E-state index in [4.69, 9.17) is 14.2 Å². The van der Waals surface area contributed by atoms with Crippen LogP contribution in [0.3, 0.4) is 0 Å². The van der Waals surface area contributed by atoms with Crippen LogP contribution in [-0.2, 0) is 19.0 Å². The molecular weight excluding hydrogens is 270 g/mol. The minimum Gasteiger partial charge on any atom is -0.353 e. The Morgan fingerprint density at radius 2 is 1.81 bits per heavy atom. The smallest absolute Gasteiger partial charge is 0.271 e. The van der Waals surface area contributed by atoms with Crippen molar-refractivity contribution in [2.75, 3.05) is 20.3 Å². The fourth-order valence-corrected chi connectivity index (χ4v) is 2.39. The van der Waals surface area contributed by atoms with Crippen LogP contribution in [0.25, 0.3) is 0 Å². The number of carbonyl (C=O) groups is 1. The van der Waals surface area contributed by atoms with E-state index in [-0.39, 0.29) is 12.0 Å². The van der Waals surface area contributed by atoms with Gasteiger partial charge in [0.2, 0.25) is 5.91 Å². The van der Waals surface area contributed by atoms with E-state index in [1.165, 1.54) is 45.6 Å². The fraction of sp³-hybridized carbons (Fsp3) is 0.938. The molecule has 0 bridgehead atoms. The third kappa shape index (κ3) is 9.06. The third-order valence-corrected chi connectivity index (χ3v) is 3.70. The quantitative estimate of drug-likeness (QED) is 0.563. The lowest BCUT2D eigenvalue weighted by atomic mass is 10.1. The minimum absolute atomic E-state index is 0.0996. The third-order valence-electron chi connectivity index (χ3n) is 3.70. The van der Waals surface area contributed by atoms with Crippen LogP contribution in [0, 0.1) is 0 Å². The van der Waals surface area contributed by atoms with Gasteiger partial charge in [0.05, 0.1) is 6.61 Å². The second-order valence-corrected chi connectivity index (χ2v) is 5.64. The van der Waals surface area contributed by atoms with E-state index in [2.05, 4.69) is 12.2 Å². The van der Waals surface area contributed by atoms with Gasteiger partial charge in [0.15, 0.2) is 0 Å². The van der Waals surface area contributed by atoms with Gasteiger partial charge in [0.25, 0.3) is 6.48 Å². The Hall–Kier alpha value is -0.650. The number of hydrogen-bond donors (Lipinski definition) is 1. The predicted octanol–water partition coefficient (Wildman–Crippen LogP) is 2.98. The zero-order valence-electron chi connectivity index (χ0n) is 13.6. The molecule has 0 aliphatic carbocycles. The molecule has 1 fully saturated rings. The number of hydrogen-bond acceptors (Lipinski definition) is 4. The Balaban J connectivity index is 1.88. The second kappa shape index (κ2) is 12.0. The first-order chi connectivity index (χ1) is 10.3. The molecule has 5 heteroatoms. The van der Waals surface area contributed by atoms with Crippen LogP contribution in [0.1, 0.15) is 64.7 Å². The van der Waals surface area contributed by atoms with Crippen LogP contribution >= 0.6 is 0 Å². The molecular formula is C16H31NO4. The van der Waals surface area contributed by atoms with Crippen molar-refractivity contribution in [3.8, 4) is 0 Å². The average molecular weight is 301 g/mol. The van der Waals surface area contributed by atoms with Crippen molar-refractivity contribution < 1.29 is 19.0 Å². The van der Waals surface area contributed by atoms with E-state index in [9.17, 15) is 4.79 Å². The zero-order valence-corrected chi connectivity index (χ0v) is 13.6. The van der Waals surface area contributed by atoms with E-state index in [1.807, 2.05) is 0 Å². The Labute approximate surface area is 128 Å². The number of ether oxygens (including phenoxy) is 3. The average Bonchev–Trinajstić information content (AvgIpc) is 2.96. The lowest BCUT2D eigenvalue weighted by Gasteiger charge is -2.10. The van der Waals surface area contributed by atoms with Gasteiger partial charge in [0.1, 0.15) is 6.10 Å². The Morgan fingerprint density at radius 3 is 2.43 bits per heavy atom. The highest BCUT2D eigenvalue weighted by atomic mass is 16.9. The van der Waals surface area contributed by atoms with E-state index in [1.54, 1.807) is 0 Å². The first kappa shape index (κ1) is 18.4. The maximum Gasteiger partial charge on any atom is 0.271 e. The molecule has 21 heavy (non-hydrogen) atoms. The van der Waals surface area contributed by atoms with Gasteiger partial charge in [0, 0.05) is 20.1 Å². The highest BCUT2D eigenvalue weighted by molar-refractivity contribution is 5.75. The molecule has 1 saturated heterocycles. The molecule has 5 nitrogen and oxygen atoms in total. The van der Waals surface area contributed by atoms with Crippen molar-refractivity contribution in [3.05, 3.63) is 0 Å². The highest BCUT2D eigenvalue weighted by Crippen LogP contribution is 2.11. The van der Waals surface area contributed by atoms with Gasteiger partial charge >= 0.3 is 0 Å². The Bertz CT molecular complexity index is 273. The van der Waals surface area contributed by atoms with Crippen molar-refractivity contribution in [3.63, 3.8) is 0 Å². The molecule has 124 valence electrons. The number of rotatable bonds is 12. The summed E-state index contributed by atoms with van der Waals surface area (Å²) in [7, 11) is 1.54. The van der Waals surface area contributed by atoms with Gasteiger partial charge in [-0.05, 0) is 6.42 Å². The van der Waals surface area contributed by atoms with Crippen LogP contribution < -0.4 is 5.32 Å². The molecule has 1 rings (SSSR count). The number of carbonyl (C=O) groups excluding carboxylic acids is 1. The molecule has 1 N–H and O–H groups in total. The fourth-order valence-electron chi connectivity index (χ4n) is 2.39. The summed E-state index contributed by atoms with van der Waals surface area (Å²) >= 11 is 0. The normalized spacial score (nSPS) is 21.6. The molecule has 1 amide bonds. The molecule has 0 spiro atoms. The summed E-state index contributed by atoms with van der Waals surface area (Å²) in [5.74, 6) is 0.102. The SMILES string of the molecule is CCCCCCCCCCC(=O)NCC1COC(OC)O1. The van der Waals surface area contributed by atoms with Crippen molar-refractivity contribution in [1.82, 2.24) is 5.32 Å². The van der Waals surface area contributed by atoms with Gasteiger partial charge < -0.3 is 19.5 Å². The summed E-state index contributed by atoms with van der Waals surface area (Å²) in [5, 5.41) is 2.89. The van der Waals surface area contributed by atoms with Crippen molar-refractivity contribution >= 4 is 5.91 Å². The van der Waals surface area contributed by atoms with E-state index in [0.717, 1.165) is 12.8 Å². The van der Waals surface area contributed by atoms with E-state index in [0.29, 0.717) is 19.6 Å². The summed E-state index contributed by atoms with van der Waals surface area (Å²) in [6.07, 6.45) is 10.5. The zero-order chi connectivity index (χ0) is 15.3. The Kier molecular flexibility index (Phi) is 10.5. The van der Waals surface area contributed by atoms with E-state index < -0.39 is 6.48 Å². The van der Waals surface area contributed by atoms with Gasteiger partial charge in [-0.25, -0.2) is 0 Å². The maximum absolute atomic E-state index is 11.7. The Morgan fingerprint density at radius 1 is 1.14 bits per heavy atom. The van der Waals surface area contributed by atoms with Crippen LogP contribution in [-0.4, -0.2) is 38.7 Å². The molecule has 1 heterocycles. The van der Waals surface area contributed by atoms with Crippen molar-refractivity contribution in [2.45, 2.75) is 77.3 Å². The van der Waals surface area contributed by atoms with Gasteiger partial charge in [-0.1, -0.05) is 51.9 Å². The lowest BCUT2D eigenvalue weighted by Crippen LogP contribution is -2.33. The molecule has 0 aromatic heterocycles. The number of methoxy groups -OCH3 is 1. The summed E-state index contributed by atoms with van der Waals surface area (Å²) in [6.45, 7) is 2.61. The molecule has 0 aromatic carbocycles. The standard InChI is InChI=1S/C16H31NO4/c1-3-4-5-6-7-8-9-10-11-15(18)17-12-14-13-20-16(19-2)21-14/h14,16H,3-13H2,1-2H3,(H,17,18). The predicted molar refractivity (Wildman–Crippen MR) is 81.9 cm³/mol. The van der Waals surface area contributed by atoms with Crippen LogP contribution in [0.2, 0.25) is 0 Å².